The van der Waals surface area contributed by atoms with E-state index in [0.29, 0.717) is 31.5 Å². The van der Waals surface area contributed by atoms with Gasteiger partial charge in [-0.2, -0.15) is 26.3 Å². The number of hydrogen-bond donors (Lipinski definition) is 1. The van der Waals surface area contributed by atoms with Crippen LogP contribution in [-0.2, 0) is 17.1 Å². The van der Waals surface area contributed by atoms with Crippen molar-refractivity contribution in [3.05, 3.63) is 70.3 Å². The molecule has 0 radical (unpaired) electrons. The molecule has 1 fully saturated rings. The highest BCUT2D eigenvalue weighted by Gasteiger charge is 2.39. The highest BCUT2D eigenvalue weighted by Crippen LogP contribution is 2.40. The van der Waals surface area contributed by atoms with Crippen LogP contribution in [0.5, 0.6) is 0 Å². The van der Waals surface area contributed by atoms with Crippen LogP contribution in [-0.4, -0.2) is 65.0 Å². The number of amides is 3. The minimum atomic E-state index is -5.00. The van der Waals surface area contributed by atoms with Crippen LogP contribution in [0.25, 0.3) is 0 Å². The van der Waals surface area contributed by atoms with E-state index in [1.807, 2.05) is 31.2 Å². The number of nitrogens with zero attached hydrogens (tertiary/aromatic N) is 3. The first-order valence-electron chi connectivity index (χ1n) is 13.2. The number of likely N-dealkylation sites (N-methyl/N-ethyl adjacent to an activating group) is 1. The third kappa shape index (κ3) is 7.52. The molecule has 1 N–H and O–H groups in total. The van der Waals surface area contributed by atoms with Gasteiger partial charge >= 0.3 is 18.4 Å². The van der Waals surface area contributed by atoms with Crippen molar-refractivity contribution in [2.75, 3.05) is 27.2 Å². The first kappa shape index (κ1) is 32.2. The van der Waals surface area contributed by atoms with E-state index >= 15 is 0 Å². The fourth-order valence-corrected chi connectivity index (χ4v) is 5.30. The van der Waals surface area contributed by atoms with Crippen LogP contribution in [0.1, 0.15) is 66.6 Å². The van der Waals surface area contributed by atoms with Crippen molar-refractivity contribution < 1.29 is 41.0 Å². The van der Waals surface area contributed by atoms with Crippen LogP contribution < -0.4 is 0 Å². The van der Waals surface area contributed by atoms with Gasteiger partial charge in [-0.25, -0.2) is 4.79 Å². The Balaban J connectivity index is 1.92. The van der Waals surface area contributed by atoms with Gasteiger partial charge in [0.2, 0.25) is 0 Å². The van der Waals surface area contributed by atoms with Crippen molar-refractivity contribution in [1.82, 2.24) is 14.7 Å². The van der Waals surface area contributed by atoms with Gasteiger partial charge in [0, 0.05) is 27.2 Å². The lowest BCUT2D eigenvalue weighted by Crippen LogP contribution is -2.49. The molecular formula is C29H35F6N3O3. The van der Waals surface area contributed by atoms with E-state index in [0.717, 1.165) is 16.0 Å². The second kappa shape index (κ2) is 12.3. The van der Waals surface area contributed by atoms with Gasteiger partial charge in [0.25, 0.3) is 5.91 Å². The van der Waals surface area contributed by atoms with Crippen molar-refractivity contribution in [2.45, 2.75) is 64.2 Å². The van der Waals surface area contributed by atoms with Gasteiger partial charge in [-0.05, 0) is 74.4 Å². The zero-order valence-electron chi connectivity index (χ0n) is 23.6. The Morgan fingerprint density at radius 1 is 1.00 bits per heavy atom. The molecule has 3 rings (SSSR count). The molecule has 6 nitrogen and oxygen atoms in total. The van der Waals surface area contributed by atoms with E-state index in [4.69, 9.17) is 0 Å². The Morgan fingerprint density at radius 3 is 2.07 bits per heavy atom. The molecule has 41 heavy (non-hydrogen) atoms. The fraction of sp³-hybridized carbons (Fsp3) is 0.517. The molecule has 4 atom stereocenters. The Labute approximate surface area is 235 Å². The zero-order valence-corrected chi connectivity index (χ0v) is 23.6. The summed E-state index contributed by atoms with van der Waals surface area (Å²) >= 11 is 0. The molecule has 1 heterocycles. The number of hydrogen-bond acceptors (Lipinski definition) is 3. The molecule has 12 heteroatoms. The fourth-order valence-electron chi connectivity index (χ4n) is 5.30. The summed E-state index contributed by atoms with van der Waals surface area (Å²) in [6, 6.07) is 6.70. The first-order chi connectivity index (χ1) is 18.9. The molecule has 0 aliphatic carbocycles. The van der Waals surface area contributed by atoms with Crippen LogP contribution in [0.3, 0.4) is 0 Å². The predicted molar refractivity (Wildman–Crippen MR) is 141 cm³/mol. The molecule has 0 bridgehead atoms. The van der Waals surface area contributed by atoms with Crippen LogP contribution in [0, 0.1) is 12.8 Å². The largest absolute Gasteiger partial charge is 0.416 e. The van der Waals surface area contributed by atoms with Crippen molar-refractivity contribution in [3.63, 3.8) is 0 Å². The summed E-state index contributed by atoms with van der Waals surface area (Å²) in [7, 11) is 2.95. The van der Waals surface area contributed by atoms with Gasteiger partial charge in [0.15, 0.2) is 0 Å². The molecule has 3 amide bonds. The Morgan fingerprint density at radius 2 is 1.56 bits per heavy atom. The van der Waals surface area contributed by atoms with E-state index in [-0.39, 0.29) is 24.1 Å². The number of piperidine rings is 1. The topological polar surface area (TPSA) is 64.1 Å². The predicted octanol–water partition coefficient (Wildman–Crippen LogP) is 6.44. The molecule has 1 saturated heterocycles. The number of aliphatic hydroxyl groups is 1. The molecule has 2 aromatic carbocycles. The number of benzene rings is 2. The summed E-state index contributed by atoms with van der Waals surface area (Å²) in [5, 5.41) is 9.66. The van der Waals surface area contributed by atoms with Gasteiger partial charge in [-0.3, -0.25) is 4.79 Å². The minimum absolute atomic E-state index is 0.0168. The molecule has 2 aromatic rings. The number of carbonyl (C=O) groups is 2. The molecular weight excluding hydrogens is 552 g/mol. The number of carbonyl (C=O) groups excluding carboxylic acids is 2. The number of aliphatic hydroxyl groups excluding tert-OH is 1. The lowest BCUT2D eigenvalue weighted by Gasteiger charge is -2.43. The number of rotatable bonds is 6. The maximum atomic E-state index is 13.8. The van der Waals surface area contributed by atoms with Crippen molar-refractivity contribution in [3.8, 4) is 0 Å². The van der Waals surface area contributed by atoms with E-state index < -0.39 is 53.6 Å². The molecule has 1 aliphatic rings. The summed E-state index contributed by atoms with van der Waals surface area (Å²) in [4.78, 5) is 30.2. The third-order valence-corrected chi connectivity index (χ3v) is 7.74. The number of halogens is 6. The van der Waals surface area contributed by atoms with Crippen LogP contribution >= 0.6 is 0 Å². The summed E-state index contributed by atoms with van der Waals surface area (Å²) in [5.74, 6) is -0.444. The van der Waals surface area contributed by atoms with E-state index in [1.165, 1.54) is 25.8 Å². The quantitative estimate of drug-likeness (QED) is 0.396. The molecule has 0 spiro atoms. The zero-order chi connectivity index (χ0) is 30.9. The SMILES string of the molecule is Cc1ccccc1C1CC(CN(C)C(=O)C(C)O)CCN1C(=O)N(C)C(C)c1cc(C(F)(F)F)cc(C(F)(F)F)c1. The average molecular weight is 588 g/mol. The van der Waals surface area contributed by atoms with Gasteiger partial charge in [0.1, 0.15) is 6.10 Å². The highest BCUT2D eigenvalue weighted by atomic mass is 19.4. The van der Waals surface area contributed by atoms with Crippen molar-refractivity contribution in [2.24, 2.45) is 5.92 Å². The Kier molecular flexibility index (Phi) is 9.67. The van der Waals surface area contributed by atoms with E-state index in [2.05, 4.69) is 0 Å². The second-order valence-electron chi connectivity index (χ2n) is 10.8. The smallest absolute Gasteiger partial charge is 0.384 e. The van der Waals surface area contributed by atoms with Crippen molar-refractivity contribution in [1.29, 1.82) is 0 Å². The third-order valence-electron chi connectivity index (χ3n) is 7.74. The standard InChI is InChI=1S/C29H35F6N3O3/c1-17-8-6-7-9-24(17)25-12-20(16-36(4)26(40)19(3)39)10-11-38(25)27(41)37(5)18(2)21-13-22(28(30,31)32)15-23(14-21)29(33,34)35/h6-9,13-15,18-20,25,39H,10-12,16H2,1-5H3. The maximum Gasteiger partial charge on any atom is 0.416 e. The van der Waals surface area contributed by atoms with Crippen molar-refractivity contribution >= 4 is 11.9 Å². The average Bonchev–Trinajstić information content (AvgIpc) is 2.90. The molecule has 226 valence electrons. The summed E-state index contributed by atoms with van der Waals surface area (Å²) in [6.45, 7) is 5.27. The molecule has 4 unspecified atom stereocenters. The lowest BCUT2D eigenvalue weighted by molar-refractivity contribution is -0.143. The summed E-state index contributed by atoms with van der Waals surface area (Å²) < 4.78 is 80.7. The minimum Gasteiger partial charge on any atom is -0.384 e. The van der Waals surface area contributed by atoms with Crippen LogP contribution in [0.4, 0.5) is 31.1 Å². The maximum absolute atomic E-state index is 13.8. The first-order valence-corrected chi connectivity index (χ1v) is 13.2. The number of aryl methyl sites for hydroxylation is 1. The second-order valence-corrected chi connectivity index (χ2v) is 10.8. The van der Waals surface area contributed by atoms with Gasteiger partial charge in [0.05, 0.1) is 23.2 Å². The highest BCUT2D eigenvalue weighted by molar-refractivity contribution is 5.80. The Hall–Kier alpha value is -3.28. The summed E-state index contributed by atoms with van der Waals surface area (Å²) in [6.07, 6.45) is -10.2. The number of likely N-dealkylation sites (tertiary alicyclic amines) is 1. The monoisotopic (exact) mass is 587 g/mol. The number of urea groups is 1. The molecule has 1 aliphatic heterocycles. The number of alkyl halides is 6. The van der Waals surface area contributed by atoms with Crippen LogP contribution in [0.2, 0.25) is 0 Å². The normalized spacial score (nSPS) is 19.5. The lowest BCUT2D eigenvalue weighted by atomic mass is 9.85. The Bertz CT molecular complexity index is 1210. The van der Waals surface area contributed by atoms with Gasteiger partial charge in [-0.1, -0.05) is 24.3 Å². The summed E-state index contributed by atoms with van der Waals surface area (Å²) in [5.41, 5.74) is -1.40. The van der Waals surface area contributed by atoms with Gasteiger partial charge in [-0.15, -0.1) is 0 Å². The van der Waals surface area contributed by atoms with Gasteiger partial charge < -0.3 is 19.8 Å². The molecule has 0 aromatic heterocycles. The van der Waals surface area contributed by atoms with Crippen LogP contribution in [0.15, 0.2) is 42.5 Å². The molecule has 0 saturated carbocycles. The van der Waals surface area contributed by atoms with E-state index in [9.17, 15) is 41.0 Å². The van der Waals surface area contributed by atoms with E-state index in [1.54, 1.807) is 11.9 Å².